The Labute approximate surface area is 148 Å². The van der Waals surface area contributed by atoms with Gasteiger partial charge >= 0.3 is 5.97 Å². The number of ether oxygens (including phenoxy) is 1. The van der Waals surface area contributed by atoms with Gasteiger partial charge in [-0.05, 0) is 37.6 Å². The Bertz CT molecular complexity index is 819. The Morgan fingerprint density at radius 3 is 2.84 bits per heavy atom. The van der Waals surface area contributed by atoms with Gasteiger partial charge in [0.15, 0.2) is 5.92 Å². The molecule has 0 bridgehead atoms. The molecule has 0 aliphatic carbocycles. The van der Waals surface area contributed by atoms with E-state index < -0.39 is 29.7 Å². The van der Waals surface area contributed by atoms with Crippen LogP contribution in [0, 0.1) is 18.7 Å². The number of esters is 1. The fourth-order valence-electron chi connectivity index (χ4n) is 2.96. The largest absolute Gasteiger partial charge is 0.465 e. The molecule has 25 heavy (non-hydrogen) atoms. The highest BCUT2D eigenvalue weighted by Gasteiger charge is 2.45. The van der Waals surface area contributed by atoms with Gasteiger partial charge in [0, 0.05) is 10.4 Å². The van der Waals surface area contributed by atoms with Crippen molar-refractivity contribution in [3.05, 3.63) is 52.2 Å². The Hall–Kier alpha value is -2.25. The summed E-state index contributed by atoms with van der Waals surface area (Å²) in [6.07, 6.45) is -1.24. The zero-order valence-corrected chi connectivity index (χ0v) is 14.7. The van der Waals surface area contributed by atoms with Crippen molar-refractivity contribution in [2.24, 2.45) is 5.92 Å². The first-order chi connectivity index (χ1) is 11.9. The molecular weight excluding hydrogens is 345 g/mol. The predicted molar refractivity (Wildman–Crippen MR) is 91.7 cm³/mol. The third-order valence-electron chi connectivity index (χ3n) is 4.05. The van der Waals surface area contributed by atoms with E-state index in [1.165, 1.54) is 28.4 Å². The molecule has 0 fully saturated rings. The number of hydrogen-bond acceptors (Lipinski definition) is 5. The third-order valence-corrected chi connectivity index (χ3v) is 5.13. The molecule has 0 saturated heterocycles. The number of hydrogen-bond donors (Lipinski definition) is 1. The Morgan fingerprint density at radius 1 is 1.40 bits per heavy atom. The zero-order valence-electron chi connectivity index (χ0n) is 13.9. The highest BCUT2D eigenvalue weighted by molar-refractivity contribution is 7.16. The van der Waals surface area contributed by atoms with Gasteiger partial charge < -0.3 is 9.84 Å². The fourth-order valence-corrected chi connectivity index (χ4v) is 4.01. The SMILES string of the molecule is CCOC(=O)C1C(=O)N(Cc2cccc(F)c2)c2sc(C)cc2C1O. The monoisotopic (exact) mass is 363 g/mol. The number of carbonyl (C=O) groups is 2. The highest BCUT2D eigenvalue weighted by atomic mass is 32.1. The number of rotatable bonds is 4. The number of aliphatic hydroxyl groups excluding tert-OH is 1. The number of thiophene rings is 1. The van der Waals surface area contributed by atoms with Crippen LogP contribution < -0.4 is 4.90 Å². The summed E-state index contributed by atoms with van der Waals surface area (Å²) >= 11 is 1.36. The van der Waals surface area contributed by atoms with Gasteiger partial charge in [-0.2, -0.15) is 0 Å². The van der Waals surface area contributed by atoms with E-state index in [4.69, 9.17) is 4.74 Å². The molecule has 3 rings (SSSR count). The molecule has 1 aromatic heterocycles. The third kappa shape index (κ3) is 3.29. The summed E-state index contributed by atoms with van der Waals surface area (Å²) in [6.45, 7) is 3.74. The number of nitrogens with zero attached hydrogens (tertiary/aromatic N) is 1. The maximum atomic E-state index is 13.5. The molecule has 1 amide bonds. The number of fused-ring (bicyclic) bond motifs is 1. The first-order valence-corrected chi connectivity index (χ1v) is 8.75. The Morgan fingerprint density at radius 2 is 2.16 bits per heavy atom. The molecule has 2 unspecified atom stereocenters. The quantitative estimate of drug-likeness (QED) is 0.670. The van der Waals surface area contributed by atoms with Crippen molar-refractivity contribution in [2.45, 2.75) is 26.5 Å². The lowest BCUT2D eigenvalue weighted by atomic mass is 9.91. The minimum absolute atomic E-state index is 0.117. The van der Waals surface area contributed by atoms with Crippen LogP contribution in [0.4, 0.5) is 9.39 Å². The molecule has 2 aromatic rings. The van der Waals surface area contributed by atoms with Crippen LogP contribution in [0.1, 0.15) is 29.0 Å². The van der Waals surface area contributed by atoms with E-state index in [0.717, 1.165) is 4.88 Å². The summed E-state index contributed by atoms with van der Waals surface area (Å²) in [7, 11) is 0. The number of halogens is 1. The molecule has 1 N–H and O–H groups in total. The van der Waals surface area contributed by atoms with E-state index in [2.05, 4.69) is 0 Å². The highest BCUT2D eigenvalue weighted by Crippen LogP contribution is 2.44. The molecule has 1 aliphatic rings. The van der Waals surface area contributed by atoms with E-state index in [-0.39, 0.29) is 13.2 Å². The summed E-state index contributed by atoms with van der Waals surface area (Å²) in [4.78, 5) is 27.4. The van der Waals surface area contributed by atoms with Crippen LogP contribution in [-0.4, -0.2) is 23.6 Å². The molecule has 132 valence electrons. The van der Waals surface area contributed by atoms with Gasteiger partial charge in [0.1, 0.15) is 16.9 Å². The molecule has 5 nitrogen and oxygen atoms in total. The van der Waals surface area contributed by atoms with Crippen molar-refractivity contribution in [2.75, 3.05) is 11.5 Å². The Balaban J connectivity index is 2.01. The fraction of sp³-hybridized carbons (Fsp3) is 0.333. The first-order valence-electron chi connectivity index (χ1n) is 7.93. The van der Waals surface area contributed by atoms with E-state index >= 15 is 0 Å². The second kappa shape index (κ2) is 6.93. The van der Waals surface area contributed by atoms with Crippen LogP contribution in [0.25, 0.3) is 0 Å². The van der Waals surface area contributed by atoms with Gasteiger partial charge in [0.25, 0.3) is 0 Å². The van der Waals surface area contributed by atoms with Gasteiger partial charge in [0.05, 0.1) is 13.2 Å². The molecule has 1 aliphatic heterocycles. The van der Waals surface area contributed by atoms with Crippen molar-refractivity contribution in [3.8, 4) is 0 Å². The van der Waals surface area contributed by atoms with Crippen molar-refractivity contribution in [3.63, 3.8) is 0 Å². The van der Waals surface area contributed by atoms with Crippen molar-refractivity contribution in [1.82, 2.24) is 0 Å². The Kier molecular flexibility index (Phi) is 4.87. The van der Waals surface area contributed by atoms with Crippen LogP contribution >= 0.6 is 11.3 Å². The van der Waals surface area contributed by atoms with Gasteiger partial charge in [-0.25, -0.2) is 4.39 Å². The number of anilines is 1. The molecule has 1 aromatic carbocycles. The maximum absolute atomic E-state index is 13.5. The van der Waals surface area contributed by atoms with Crippen molar-refractivity contribution >= 4 is 28.2 Å². The van der Waals surface area contributed by atoms with Crippen LogP contribution in [0.3, 0.4) is 0 Å². The second-order valence-corrected chi connectivity index (χ2v) is 7.08. The smallest absolute Gasteiger partial charge is 0.321 e. The van der Waals surface area contributed by atoms with Crippen LogP contribution in [0.2, 0.25) is 0 Å². The summed E-state index contributed by atoms with van der Waals surface area (Å²) < 4.78 is 18.4. The van der Waals surface area contributed by atoms with Crippen LogP contribution in [0.5, 0.6) is 0 Å². The van der Waals surface area contributed by atoms with Gasteiger partial charge in [-0.3, -0.25) is 14.5 Å². The summed E-state index contributed by atoms with van der Waals surface area (Å²) in [5, 5.41) is 11.1. The molecule has 2 heterocycles. The maximum Gasteiger partial charge on any atom is 0.321 e. The summed E-state index contributed by atoms with van der Waals surface area (Å²) in [6, 6.07) is 7.71. The normalized spacial score (nSPS) is 19.7. The molecule has 2 atom stereocenters. The molecule has 0 radical (unpaired) electrons. The summed E-state index contributed by atoms with van der Waals surface area (Å²) in [5.41, 5.74) is 1.13. The topological polar surface area (TPSA) is 66.8 Å². The van der Waals surface area contributed by atoms with Crippen LogP contribution in [0.15, 0.2) is 30.3 Å². The summed E-state index contributed by atoms with van der Waals surface area (Å²) in [5.74, 6) is -3.00. The van der Waals surface area contributed by atoms with E-state index in [1.54, 1.807) is 25.1 Å². The zero-order chi connectivity index (χ0) is 18.1. The van der Waals surface area contributed by atoms with Gasteiger partial charge in [-0.1, -0.05) is 12.1 Å². The van der Waals surface area contributed by atoms with Gasteiger partial charge in [-0.15, -0.1) is 11.3 Å². The lowest BCUT2D eigenvalue weighted by Crippen LogP contribution is -2.46. The number of aliphatic hydroxyl groups is 1. The molecule has 7 heteroatoms. The molecular formula is C18H18FNO4S. The number of aryl methyl sites for hydroxylation is 1. The predicted octanol–water partition coefficient (Wildman–Crippen LogP) is 2.96. The van der Waals surface area contributed by atoms with Gasteiger partial charge in [0.2, 0.25) is 5.91 Å². The number of amides is 1. The van der Waals surface area contributed by atoms with E-state index in [1.807, 2.05) is 6.92 Å². The lowest BCUT2D eigenvalue weighted by molar-refractivity contribution is -0.156. The average Bonchev–Trinajstić information content (AvgIpc) is 2.94. The van der Waals surface area contributed by atoms with Crippen LogP contribution in [-0.2, 0) is 20.9 Å². The average molecular weight is 363 g/mol. The lowest BCUT2D eigenvalue weighted by Gasteiger charge is -2.34. The second-order valence-electron chi connectivity index (χ2n) is 5.85. The van der Waals surface area contributed by atoms with E-state index in [0.29, 0.717) is 16.1 Å². The minimum atomic E-state index is -1.31. The molecule has 0 spiro atoms. The number of carbonyl (C=O) groups excluding carboxylic acids is 2. The molecule has 0 saturated carbocycles. The van der Waals surface area contributed by atoms with Crippen molar-refractivity contribution in [1.29, 1.82) is 0 Å². The minimum Gasteiger partial charge on any atom is -0.465 e. The standard InChI is InChI=1S/C18H18FNO4S/c1-3-24-18(23)14-15(21)13-7-10(2)25-17(13)20(16(14)22)9-11-5-4-6-12(19)8-11/h4-8,14-15,21H,3,9H2,1-2H3. The number of benzene rings is 1. The first kappa shape index (κ1) is 17.6. The van der Waals surface area contributed by atoms with E-state index in [9.17, 15) is 19.1 Å². The van der Waals surface area contributed by atoms with Crippen molar-refractivity contribution < 1.29 is 23.8 Å².